The highest BCUT2D eigenvalue weighted by Crippen LogP contribution is 2.19. The first kappa shape index (κ1) is 19.8. The molecule has 0 unspecified atom stereocenters. The van der Waals surface area contributed by atoms with Gasteiger partial charge in [0.05, 0.1) is 11.0 Å². The van der Waals surface area contributed by atoms with Gasteiger partial charge in [-0.25, -0.2) is 0 Å². The fraction of sp³-hybridized carbons (Fsp3) is 0.222. The molecule has 2 aromatic rings. The van der Waals surface area contributed by atoms with Gasteiger partial charge in [0.15, 0.2) is 12.4 Å². The van der Waals surface area contributed by atoms with Gasteiger partial charge in [-0.2, -0.15) is 0 Å². The number of ether oxygens (including phenoxy) is 1. The van der Waals surface area contributed by atoms with Crippen LogP contribution in [-0.2, 0) is 4.79 Å². The molecule has 2 aromatic carbocycles. The minimum Gasteiger partial charge on any atom is -0.484 e. The maximum absolute atomic E-state index is 11.9. The number of nitrogens with zero attached hydrogens (tertiary/aromatic N) is 1. The van der Waals surface area contributed by atoms with Crippen molar-refractivity contribution in [2.75, 3.05) is 11.9 Å². The van der Waals surface area contributed by atoms with Crippen LogP contribution in [0.2, 0.25) is 0 Å². The summed E-state index contributed by atoms with van der Waals surface area (Å²) in [5.41, 5.74) is 1.80. The second-order valence-electron chi connectivity index (χ2n) is 5.18. The summed E-state index contributed by atoms with van der Waals surface area (Å²) in [6.07, 6.45) is 0. The summed E-state index contributed by atoms with van der Waals surface area (Å²) in [6.45, 7) is 2.98. The highest BCUT2D eigenvalue weighted by molar-refractivity contribution is 5.97. The van der Waals surface area contributed by atoms with Crippen LogP contribution in [0.25, 0.3) is 0 Å². The first-order valence-electron chi connectivity index (χ1n) is 7.15. The van der Waals surface area contributed by atoms with Crippen molar-refractivity contribution in [3.8, 4) is 5.75 Å². The highest BCUT2D eigenvalue weighted by Gasteiger charge is 2.10. The number of ketones is 1. The molecule has 0 radical (unpaired) electrons. The second kappa shape index (κ2) is 8.58. The fourth-order valence-corrected chi connectivity index (χ4v) is 2.17. The van der Waals surface area contributed by atoms with Crippen LogP contribution in [0.3, 0.4) is 0 Å². The lowest BCUT2D eigenvalue weighted by atomic mass is 10.0. The first-order valence-corrected chi connectivity index (χ1v) is 7.15. The second-order valence-corrected chi connectivity index (χ2v) is 5.18. The molecule has 0 fully saturated rings. The molecule has 7 nitrogen and oxygen atoms in total. The van der Waals surface area contributed by atoms with Gasteiger partial charge in [-0.1, -0.05) is 13.5 Å². The Balaban J connectivity index is 0.00000312. The number of rotatable bonds is 6. The number of nitrogens with one attached hydrogen (secondary N) is 1. The molecule has 0 spiro atoms. The number of nitro groups is 1. The van der Waals surface area contributed by atoms with Crippen molar-refractivity contribution in [3.63, 3.8) is 0 Å². The van der Waals surface area contributed by atoms with Gasteiger partial charge >= 0.3 is 0 Å². The third-order valence-electron chi connectivity index (χ3n) is 3.29. The standard InChI is InChI=1S/C17H16N2O5.CH4/c1-11-8-13(6-7-16(11)12(2)20)18-17(21)10-24-15-5-3-4-14(9-15)19(22)23;/h3-9H,10H2,1-2H3,(H,18,21);1H4. The van der Waals surface area contributed by atoms with Crippen molar-refractivity contribution in [1.29, 1.82) is 0 Å². The van der Waals surface area contributed by atoms with Gasteiger partial charge in [-0.15, -0.1) is 0 Å². The van der Waals surface area contributed by atoms with Crippen molar-refractivity contribution >= 4 is 23.1 Å². The van der Waals surface area contributed by atoms with Crippen molar-refractivity contribution in [2.45, 2.75) is 21.3 Å². The number of Topliss-reactive ketones (excluding diaryl/α,β-unsaturated/α-hetero) is 1. The van der Waals surface area contributed by atoms with Crippen LogP contribution in [0.15, 0.2) is 42.5 Å². The Morgan fingerprint density at radius 2 is 1.92 bits per heavy atom. The van der Waals surface area contributed by atoms with E-state index in [2.05, 4.69) is 5.32 Å². The molecule has 0 aliphatic heterocycles. The van der Waals surface area contributed by atoms with Gasteiger partial charge < -0.3 is 10.1 Å². The lowest BCUT2D eigenvalue weighted by molar-refractivity contribution is -0.384. The summed E-state index contributed by atoms with van der Waals surface area (Å²) in [4.78, 5) is 33.4. The number of hydrogen-bond acceptors (Lipinski definition) is 5. The van der Waals surface area contributed by atoms with Crippen LogP contribution in [-0.4, -0.2) is 23.2 Å². The Kier molecular flexibility index (Phi) is 6.81. The molecule has 0 bridgehead atoms. The zero-order valence-electron chi connectivity index (χ0n) is 13.2. The Morgan fingerprint density at radius 3 is 2.52 bits per heavy atom. The first-order chi connectivity index (χ1) is 11.4. The van der Waals surface area contributed by atoms with Crippen LogP contribution in [0.5, 0.6) is 5.75 Å². The van der Waals surface area contributed by atoms with E-state index in [1.54, 1.807) is 25.1 Å². The zero-order valence-corrected chi connectivity index (χ0v) is 13.2. The van der Waals surface area contributed by atoms with Gasteiger partial charge in [-0.3, -0.25) is 19.7 Å². The molecule has 0 aromatic heterocycles. The minimum absolute atomic E-state index is 0. The normalized spacial score (nSPS) is 9.68. The summed E-state index contributed by atoms with van der Waals surface area (Å²) in [6, 6.07) is 10.6. The van der Waals surface area contributed by atoms with Gasteiger partial charge in [-0.05, 0) is 43.7 Å². The summed E-state index contributed by atoms with van der Waals surface area (Å²) >= 11 is 0. The third-order valence-corrected chi connectivity index (χ3v) is 3.29. The molecule has 0 saturated heterocycles. The minimum atomic E-state index is -0.535. The topological polar surface area (TPSA) is 98.5 Å². The van der Waals surface area contributed by atoms with E-state index in [4.69, 9.17) is 4.74 Å². The van der Waals surface area contributed by atoms with Gasteiger partial charge in [0.2, 0.25) is 0 Å². The zero-order chi connectivity index (χ0) is 17.7. The molecule has 132 valence electrons. The van der Waals surface area contributed by atoms with E-state index in [9.17, 15) is 19.7 Å². The largest absolute Gasteiger partial charge is 0.484 e. The van der Waals surface area contributed by atoms with Crippen LogP contribution in [0, 0.1) is 17.0 Å². The van der Waals surface area contributed by atoms with E-state index in [1.807, 2.05) is 0 Å². The number of aryl methyl sites for hydroxylation is 1. The Labute approximate surface area is 145 Å². The van der Waals surface area contributed by atoms with Crippen LogP contribution < -0.4 is 10.1 Å². The van der Waals surface area contributed by atoms with E-state index in [0.29, 0.717) is 11.3 Å². The van der Waals surface area contributed by atoms with E-state index < -0.39 is 10.8 Å². The van der Waals surface area contributed by atoms with Crippen LogP contribution in [0.4, 0.5) is 11.4 Å². The molecule has 0 aliphatic rings. The van der Waals surface area contributed by atoms with Gasteiger partial charge in [0, 0.05) is 17.3 Å². The van der Waals surface area contributed by atoms with Gasteiger partial charge in [0.1, 0.15) is 5.75 Å². The average molecular weight is 344 g/mol. The quantitative estimate of drug-likeness (QED) is 0.489. The monoisotopic (exact) mass is 344 g/mol. The molecule has 2 rings (SSSR count). The molecule has 7 heteroatoms. The molecule has 0 aliphatic carbocycles. The number of benzene rings is 2. The van der Waals surface area contributed by atoms with Crippen molar-refractivity contribution in [1.82, 2.24) is 0 Å². The number of non-ortho nitro benzene ring substituents is 1. The smallest absolute Gasteiger partial charge is 0.273 e. The molecular formula is C18H20N2O5. The molecule has 1 N–H and O–H groups in total. The van der Waals surface area contributed by atoms with Crippen molar-refractivity contribution in [3.05, 3.63) is 63.7 Å². The van der Waals surface area contributed by atoms with E-state index in [1.165, 1.54) is 31.2 Å². The molecule has 0 heterocycles. The summed E-state index contributed by atoms with van der Waals surface area (Å²) < 4.78 is 5.25. The van der Waals surface area contributed by atoms with Crippen LogP contribution in [0.1, 0.15) is 30.3 Å². The number of anilines is 1. The lowest BCUT2D eigenvalue weighted by Gasteiger charge is -2.09. The molecule has 25 heavy (non-hydrogen) atoms. The number of amides is 1. The molecule has 0 saturated carbocycles. The molecule has 1 amide bonds. The Hall–Kier alpha value is -3.22. The number of carbonyl (C=O) groups excluding carboxylic acids is 2. The predicted octanol–water partition coefficient (Wildman–Crippen LogP) is 3.76. The maximum atomic E-state index is 11.9. The summed E-state index contributed by atoms with van der Waals surface area (Å²) in [5, 5.41) is 13.3. The third kappa shape index (κ3) is 5.42. The van der Waals surface area contributed by atoms with E-state index in [-0.39, 0.29) is 31.3 Å². The van der Waals surface area contributed by atoms with E-state index in [0.717, 1.165) is 5.56 Å². The van der Waals surface area contributed by atoms with Crippen molar-refractivity contribution < 1.29 is 19.2 Å². The van der Waals surface area contributed by atoms with E-state index >= 15 is 0 Å². The fourth-order valence-electron chi connectivity index (χ4n) is 2.17. The average Bonchev–Trinajstić information content (AvgIpc) is 2.53. The Bertz CT molecular complexity index is 802. The van der Waals surface area contributed by atoms with Crippen molar-refractivity contribution in [2.24, 2.45) is 0 Å². The highest BCUT2D eigenvalue weighted by atomic mass is 16.6. The predicted molar refractivity (Wildman–Crippen MR) is 95.1 cm³/mol. The SMILES string of the molecule is C.CC(=O)c1ccc(NC(=O)COc2cccc([N+](=O)[O-])c2)cc1C. The lowest BCUT2D eigenvalue weighted by Crippen LogP contribution is -2.20. The molecular weight excluding hydrogens is 324 g/mol. The summed E-state index contributed by atoms with van der Waals surface area (Å²) in [5.74, 6) is -0.210. The number of hydrogen-bond donors (Lipinski definition) is 1. The number of nitro benzene ring substituents is 1. The number of carbonyl (C=O) groups is 2. The summed E-state index contributed by atoms with van der Waals surface area (Å²) in [7, 11) is 0. The Morgan fingerprint density at radius 1 is 1.20 bits per heavy atom. The van der Waals surface area contributed by atoms with Crippen LogP contribution >= 0.6 is 0 Å². The maximum Gasteiger partial charge on any atom is 0.273 e. The molecule has 0 atom stereocenters. The van der Waals surface area contributed by atoms with Gasteiger partial charge in [0.25, 0.3) is 11.6 Å².